The lowest BCUT2D eigenvalue weighted by atomic mass is 10.0. The molecule has 8 heteroatoms. The normalized spacial score (nSPS) is 18.0. The molecule has 1 N–H and O–H groups in total. The van der Waals surface area contributed by atoms with Gasteiger partial charge in [0.1, 0.15) is 18.5 Å². The molecule has 2 atom stereocenters. The van der Waals surface area contributed by atoms with Crippen LogP contribution in [0.4, 0.5) is 0 Å². The second-order valence-electron chi connectivity index (χ2n) is 10.1. The highest BCUT2D eigenvalue weighted by Gasteiger charge is 2.28. The first-order valence-corrected chi connectivity index (χ1v) is 12.6. The Labute approximate surface area is 213 Å². The Kier molecular flexibility index (Phi) is 8.38. The summed E-state index contributed by atoms with van der Waals surface area (Å²) in [6, 6.07) is 15.9. The quantitative estimate of drug-likeness (QED) is 0.483. The van der Waals surface area contributed by atoms with Crippen LogP contribution in [0.5, 0.6) is 5.75 Å². The van der Waals surface area contributed by atoms with E-state index >= 15 is 0 Å². The smallest absolute Gasteiger partial charge is 0.251 e. The van der Waals surface area contributed by atoms with Gasteiger partial charge in [-0.1, -0.05) is 38.1 Å². The lowest BCUT2D eigenvalue weighted by Crippen LogP contribution is -2.41. The summed E-state index contributed by atoms with van der Waals surface area (Å²) in [5.41, 5.74) is 3.08. The molecule has 2 heterocycles. The van der Waals surface area contributed by atoms with E-state index in [1.54, 1.807) is 0 Å². The summed E-state index contributed by atoms with van der Waals surface area (Å²) < 4.78 is 14.0. The molecule has 4 rings (SSSR count). The maximum Gasteiger partial charge on any atom is 0.251 e. The van der Waals surface area contributed by atoms with Crippen LogP contribution in [0.1, 0.15) is 71.8 Å². The summed E-state index contributed by atoms with van der Waals surface area (Å²) >= 11 is 0. The Morgan fingerprint density at radius 1 is 1.17 bits per heavy atom. The summed E-state index contributed by atoms with van der Waals surface area (Å²) in [7, 11) is 5.99. The Bertz CT molecular complexity index is 1150. The Balaban J connectivity index is 1.28. The molecule has 0 bridgehead atoms. The van der Waals surface area contributed by atoms with E-state index in [0.29, 0.717) is 24.7 Å². The Morgan fingerprint density at radius 3 is 2.61 bits per heavy atom. The van der Waals surface area contributed by atoms with Gasteiger partial charge < -0.3 is 24.3 Å². The van der Waals surface area contributed by atoms with Gasteiger partial charge in [0.2, 0.25) is 0 Å². The first-order valence-electron chi connectivity index (χ1n) is 12.6. The van der Waals surface area contributed by atoms with Crippen molar-refractivity contribution in [3.8, 4) is 5.75 Å². The summed E-state index contributed by atoms with van der Waals surface area (Å²) in [6.07, 6.45) is 1.42. The van der Waals surface area contributed by atoms with E-state index < -0.39 is 0 Å². The number of rotatable bonds is 9. The number of amides is 1. The number of aromatic nitrogens is 3. The van der Waals surface area contributed by atoms with Crippen molar-refractivity contribution in [3.63, 3.8) is 0 Å². The first kappa shape index (κ1) is 25.9. The van der Waals surface area contributed by atoms with Crippen molar-refractivity contribution in [1.29, 1.82) is 0 Å². The van der Waals surface area contributed by atoms with E-state index in [1.807, 2.05) is 62.1 Å². The summed E-state index contributed by atoms with van der Waals surface area (Å²) in [5.74, 6) is 2.73. The zero-order chi connectivity index (χ0) is 25.7. The zero-order valence-corrected chi connectivity index (χ0v) is 21.9. The largest absolute Gasteiger partial charge is 0.486 e. The minimum Gasteiger partial charge on any atom is -0.486 e. The number of carbonyl (C=O) groups excluding carboxylic acids is 1. The summed E-state index contributed by atoms with van der Waals surface area (Å²) in [6.45, 7) is 5.95. The van der Waals surface area contributed by atoms with Crippen molar-refractivity contribution in [2.45, 2.75) is 57.9 Å². The Hall–Kier alpha value is -3.23. The number of hydrogen-bond acceptors (Lipinski definition) is 6. The highest BCUT2D eigenvalue weighted by Crippen LogP contribution is 2.27. The van der Waals surface area contributed by atoms with Gasteiger partial charge >= 0.3 is 0 Å². The van der Waals surface area contributed by atoms with Crippen LogP contribution in [0, 0.1) is 0 Å². The molecule has 0 radical (unpaired) electrons. The monoisotopic (exact) mass is 491 g/mol. The third kappa shape index (κ3) is 6.50. The van der Waals surface area contributed by atoms with Crippen LogP contribution >= 0.6 is 0 Å². The van der Waals surface area contributed by atoms with E-state index in [0.717, 1.165) is 36.8 Å². The van der Waals surface area contributed by atoms with Gasteiger partial charge in [-0.15, -0.1) is 10.2 Å². The predicted molar refractivity (Wildman–Crippen MR) is 139 cm³/mol. The molecule has 0 saturated carbocycles. The summed E-state index contributed by atoms with van der Waals surface area (Å²) in [4.78, 5) is 14.8. The molecule has 1 aliphatic rings. The maximum atomic E-state index is 12.7. The van der Waals surface area contributed by atoms with E-state index in [-0.39, 0.29) is 18.1 Å². The average Bonchev–Trinajstić information content (AvgIpc) is 3.23. The molecule has 0 unspecified atom stereocenters. The molecule has 36 heavy (non-hydrogen) atoms. The second kappa shape index (κ2) is 11.7. The topological polar surface area (TPSA) is 81.5 Å². The van der Waals surface area contributed by atoms with E-state index in [4.69, 9.17) is 9.47 Å². The number of ether oxygens (including phenoxy) is 2. The van der Waals surface area contributed by atoms with Crippen LogP contribution in [0.15, 0.2) is 48.5 Å². The van der Waals surface area contributed by atoms with Crippen molar-refractivity contribution in [2.75, 3.05) is 20.7 Å². The molecule has 2 aromatic carbocycles. The molecule has 0 aliphatic carbocycles. The molecule has 1 fully saturated rings. The molecular formula is C28H37N5O3. The minimum atomic E-state index is -0.154. The first-order chi connectivity index (χ1) is 17.3. The Morgan fingerprint density at radius 2 is 1.94 bits per heavy atom. The third-order valence-corrected chi connectivity index (χ3v) is 6.51. The van der Waals surface area contributed by atoms with Gasteiger partial charge in [0.15, 0.2) is 11.6 Å². The van der Waals surface area contributed by atoms with Crippen molar-refractivity contribution in [3.05, 3.63) is 76.9 Å². The number of benzene rings is 2. The molecular weight excluding hydrogens is 454 g/mol. The van der Waals surface area contributed by atoms with Crippen molar-refractivity contribution >= 4 is 5.91 Å². The van der Waals surface area contributed by atoms with Crippen LogP contribution in [-0.2, 0) is 24.9 Å². The molecule has 8 nitrogen and oxygen atoms in total. The van der Waals surface area contributed by atoms with Crippen molar-refractivity contribution in [1.82, 2.24) is 25.0 Å². The minimum absolute atomic E-state index is 0.0283. The van der Waals surface area contributed by atoms with Gasteiger partial charge in [0.05, 0.1) is 12.6 Å². The van der Waals surface area contributed by atoms with Crippen molar-refractivity contribution in [2.24, 2.45) is 7.05 Å². The van der Waals surface area contributed by atoms with Gasteiger partial charge in [-0.3, -0.25) is 4.79 Å². The second-order valence-corrected chi connectivity index (χ2v) is 10.1. The lowest BCUT2D eigenvalue weighted by molar-refractivity contribution is -0.00976. The van der Waals surface area contributed by atoms with Gasteiger partial charge in [-0.2, -0.15) is 0 Å². The molecule has 0 spiro atoms. The average molecular weight is 492 g/mol. The predicted octanol–water partition coefficient (Wildman–Crippen LogP) is 4.23. The van der Waals surface area contributed by atoms with Crippen LogP contribution in [0.25, 0.3) is 0 Å². The number of carbonyl (C=O) groups is 1. The molecule has 192 valence electrons. The van der Waals surface area contributed by atoms with Crippen LogP contribution in [-0.4, -0.2) is 52.3 Å². The fourth-order valence-electron chi connectivity index (χ4n) is 4.36. The highest BCUT2D eigenvalue weighted by molar-refractivity contribution is 5.94. The third-order valence-electron chi connectivity index (χ3n) is 6.51. The lowest BCUT2D eigenvalue weighted by Gasteiger charge is -2.29. The summed E-state index contributed by atoms with van der Waals surface area (Å²) in [5, 5.41) is 11.8. The van der Waals surface area contributed by atoms with Crippen LogP contribution in [0.3, 0.4) is 0 Å². The molecule has 1 saturated heterocycles. The highest BCUT2D eigenvalue weighted by atomic mass is 16.5. The maximum absolute atomic E-state index is 12.7. The van der Waals surface area contributed by atoms with Crippen molar-refractivity contribution < 1.29 is 14.3 Å². The van der Waals surface area contributed by atoms with Gasteiger partial charge in [-0.05, 0) is 68.2 Å². The zero-order valence-electron chi connectivity index (χ0n) is 21.9. The van der Waals surface area contributed by atoms with Gasteiger partial charge in [-0.25, -0.2) is 0 Å². The fraction of sp³-hybridized carbons (Fsp3) is 0.464. The molecule has 1 aromatic heterocycles. The van der Waals surface area contributed by atoms with E-state index in [9.17, 15) is 4.79 Å². The fourth-order valence-corrected chi connectivity index (χ4v) is 4.36. The molecule has 1 aliphatic heterocycles. The molecule has 1 amide bonds. The van der Waals surface area contributed by atoms with Crippen LogP contribution < -0.4 is 10.1 Å². The SMILES string of the molecule is CC(C)c1cccc(OCc2nnc([C@@H]3CC[C@@H](NC(=O)c4ccc(CN(C)C)cc4)CO3)n2C)c1. The molecule has 3 aromatic rings. The van der Waals surface area contributed by atoms with Gasteiger partial charge in [0, 0.05) is 19.2 Å². The van der Waals surface area contributed by atoms with Crippen LogP contribution in [0.2, 0.25) is 0 Å². The van der Waals surface area contributed by atoms with Gasteiger partial charge in [0.25, 0.3) is 5.91 Å². The standard InChI is InChI=1S/C28H37N5O3/c1-19(2)22-7-6-8-24(15-22)35-18-26-30-31-27(33(26)5)25-14-13-23(17-36-25)29-28(34)21-11-9-20(10-12-21)16-32(3)4/h6-12,15,19,23,25H,13-14,16-18H2,1-5H3,(H,29,34)/t23-,25+/m1/s1. The number of nitrogens with zero attached hydrogens (tertiary/aromatic N) is 4. The number of nitrogens with one attached hydrogen (secondary N) is 1. The van der Waals surface area contributed by atoms with E-state index in [1.165, 1.54) is 11.1 Å². The number of hydrogen-bond donors (Lipinski definition) is 1. The van der Waals surface area contributed by atoms with E-state index in [2.05, 4.69) is 46.4 Å².